The molecule has 0 saturated heterocycles. The molecule has 0 aliphatic rings. The van der Waals surface area contributed by atoms with E-state index >= 15 is 0 Å². The van der Waals surface area contributed by atoms with Crippen molar-refractivity contribution in [3.8, 4) is 11.4 Å². The van der Waals surface area contributed by atoms with Gasteiger partial charge in [0.05, 0.1) is 24.1 Å². The summed E-state index contributed by atoms with van der Waals surface area (Å²) in [6, 6.07) is 7.02. The van der Waals surface area contributed by atoms with Gasteiger partial charge >= 0.3 is 0 Å². The van der Waals surface area contributed by atoms with Crippen LogP contribution in [0.4, 0.5) is 5.69 Å². The number of hydrogen-bond acceptors (Lipinski definition) is 5. The average molecular weight is 338 g/mol. The molecular formula is C15H22N4O3S. The maximum absolute atomic E-state index is 11.6. The van der Waals surface area contributed by atoms with E-state index in [1.165, 1.54) is 11.4 Å². The Bertz CT molecular complexity index is 789. The van der Waals surface area contributed by atoms with E-state index in [4.69, 9.17) is 0 Å². The van der Waals surface area contributed by atoms with Gasteiger partial charge in [0.15, 0.2) is 5.82 Å². The van der Waals surface area contributed by atoms with Gasteiger partial charge in [-0.25, -0.2) is 18.1 Å². The third kappa shape index (κ3) is 4.29. The lowest BCUT2D eigenvalue weighted by atomic mass is 10.1. The van der Waals surface area contributed by atoms with Crippen molar-refractivity contribution in [2.45, 2.75) is 32.9 Å². The Morgan fingerprint density at radius 1 is 1.26 bits per heavy atom. The van der Waals surface area contributed by atoms with E-state index in [9.17, 15) is 13.5 Å². The molecule has 0 amide bonds. The zero-order valence-electron chi connectivity index (χ0n) is 14.0. The summed E-state index contributed by atoms with van der Waals surface area (Å²) in [5.74, 6) is 1.25. The fourth-order valence-corrected chi connectivity index (χ4v) is 2.66. The summed E-state index contributed by atoms with van der Waals surface area (Å²) in [7, 11) is -1.79. The lowest BCUT2D eigenvalue weighted by Crippen LogP contribution is -2.27. The molecule has 1 aromatic carbocycles. The molecule has 7 nitrogen and oxygen atoms in total. The summed E-state index contributed by atoms with van der Waals surface area (Å²) in [5.41, 5.74) is 0.466. The summed E-state index contributed by atoms with van der Waals surface area (Å²) in [4.78, 5) is 4.40. The Balaban J connectivity index is 2.37. The maximum Gasteiger partial charge on any atom is 0.231 e. The van der Waals surface area contributed by atoms with Gasteiger partial charge in [-0.3, -0.25) is 4.31 Å². The minimum atomic E-state index is -3.29. The van der Waals surface area contributed by atoms with Gasteiger partial charge in [0, 0.05) is 12.6 Å². The van der Waals surface area contributed by atoms with Crippen molar-refractivity contribution in [2.24, 2.45) is 0 Å². The predicted molar refractivity (Wildman–Crippen MR) is 89.7 cm³/mol. The standard InChI is InChI=1S/C15H22N4O3S/c1-11-16-14(19(17-11)10-15(2,3)20)12-6-8-13(9-7-12)18(4)23(5,21)22/h6-9,20H,10H2,1-5H3. The monoisotopic (exact) mass is 338 g/mol. The van der Waals surface area contributed by atoms with E-state index in [2.05, 4.69) is 10.1 Å². The number of sulfonamides is 1. The Kier molecular flexibility index (Phi) is 4.50. The van der Waals surface area contributed by atoms with Crippen LogP contribution in [0.15, 0.2) is 24.3 Å². The zero-order chi connectivity index (χ0) is 17.4. The Hall–Kier alpha value is -1.93. The topological polar surface area (TPSA) is 88.3 Å². The number of aromatic nitrogens is 3. The number of rotatable bonds is 5. The first-order valence-electron chi connectivity index (χ1n) is 7.15. The predicted octanol–water partition coefficient (Wildman–Crippen LogP) is 1.42. The van der Waals surface area contributed by atoms with Gasteiger partial charge in [-0.15, -0.1) is 0 Å². The van der Waals surface area contributed by atoms with Gasteiger partial charge in [0.25, 0.3) is 0 Å². The fourth-order valence-electron chi connectivity index (χ4n) is 2.16. The molecule has 23 heavy (non-hydrogen) atoms. The highest BCUT2D eigenvalue weighted by molar-refractivity contribution is 7.92. The first-order chi connectivity index (χ1) is 10.5. The highest BCUT2D eigenvalue weighted by Gasteiger charge is 2.19. The molecule has 0 aliphatic heterocycles. The third-order valence-electron chi connectivity index (χ3n) is 3.30. The van der Waals surface area contributed by atoms with E-state index in [1.54, 1.807) is 49.7 Å². The third-order valence-corrected chi connectivity index (χ3v) is 4.51. The van der Waals surface area contributed by atoms with Crippen molar-refractivity contribution in [1.82, 2.24) is 14.8 Å². The molecule has 2 aromatic rings. The number of hydrogen-bond donors (Lipinski definition) is 1. The lowest BCUT2D eigenvalue weighted by Gasteiger charge is -2.19. The molecule has 0 unspecified atom stereocenters. The lowest BCUT2D eigenvalue weighted by molar-refractivity contribution is 0.0581. The second kappa shape index (κ2) is 5.93. The SMILES string of the molecule is Cc1nc(-c2ccc(N(C)S(C)(=O)=O)cc2)n(CC(C)(C)O)n1. The Morgan fingerprint density at radius 2 is 1.83 bits per heavy atom. The molecule has 8 heteroatoms. The van der Waals surface area contributed by atoms with Crippen LogP contribution in [0.5, 0.6) is 0 Å². The maximum atomic E-state index is 11.6. The second-order valence-corrected chi connectivity index (χ2v) is 8.24. The number of aryl methyl sites for hydroxylation is 1. The van der Waals surface area contributed by atoms with Crippen molar-refractivity contribution in [2.75, 3.05) is 17.6 Å². The molecule has 0 radical (unpaired) electrons. The second-order valence-electron chi connectivity index (χ2n) is 6.23. The molecule has 1 heterocycles. The Labute approximate surface area is 136 Å². The summed E-state index contributed by atoms with van der Waals surface area (Å²) in [6.07, 6.45) is 1.16. The first-order valence-corrected chi connectivity index (χ1v) is 9.00. The van der Waals surface area contributed by atoms with Crippen LogP contribution in [0.3, 0.4) is 0 Å². The van der Waals surface area contributed by atoms with E-state index in [0.29, 0.717) is 23.9 Å². The molecule has 1 N–H and O–H groups in total. The molecule has 2 rings (SSSR count). The molecular weight excluding hydrogens is 316 g/mol. The molecule has 0 atom stereocenters. The van der Waals surface area contributed by atoms with Crippen molar-refractivity contribution >= 4 is 15.7 Å². The van der Waals surface area contributed by atoms with E-state index < -0.39 is 15.6 Å². The van der Waals surface area contributed by atoms with E-state index in [1.807, 2.05) is 0 Å². The van der Waals surface area contributed by atoms with Crippen LogP contribution < -0.4 is 4.31 Å². The molecule has 0 bridgehead atoms. The van der Waals surface area contributed by atoms with Crippen molar-refractivity contribution in [3.63, 3.8) is 0 Å². The van der Waals surface area contributed by atoms with Gasteiger partial charge in [0.1, 0.15) is 5.82 Å². The molecule has 0 aliphatic carbocycles. The highest BCUT2D eigenvalue weighted by atomic mass is 32.2. The van der Waals surface area contributed by atoms with Crippen LogP contribution in [0.2, 0.25) is 0 Å². The van der Waals surface area contributed by atoms with E-state index in [-0.39, 0.29) is 0 Å². The van der Waals surface area contributed by atoms with Crippen LogP contribution in [-0.2, 0) is 16.6 Å². The van der Waals surface area contributed by atoms with Crippen LogP contribution >= 0.6 is 0 Å². The molecule has 0 spiro atoms. The number of anilines is 1. The van der Waals surface area contributed by atoms with Gasteiger partial charge < -0.3 is 5.11 Å². The number of benzene rings is 1. The summed E-state index contributed by atoms with van der Waals surface area (Å²) in [5, 5.41) is 14.3. The van der Waals surface area contributed by atoms with E-state index in [0.717, 1.165) is 11.8 Å². The normalized spacial score (nSPS) is 12.4. The molecule has 126 valence electrons. The van der Waals surface area contributed by atoms with Gasteiger partial charge in [-0.05, 0) is 45.0 Å². The molecule has 0 saturated carbocycles. The summed E-state index contributed by atoms with van der Waals surface area (Å²) >= 11 is 0. The van der Waals surface area contributed by atoms with Crippen molar-refractivity contribution in [3.05, 3.63) is 30.1 Å². The quantitative estimate of drug-likeness (QED) is 0.891. The van der Waals surface area contributed by atoms with Crippen LogP contribution in [0.1, 0.15) is 19.7 Å². The minimum absolute atomic E-state index is 0.314. The Morgan fingerprint density at radius 3 is 2.30 bits per heavy atom. The van der Waals surface area contributed by atoms with Crippen LogP contribution in [-0.4, -0.2) is 47.2 Å². The van der Waals surface area contributed by atoms with Crippen LogP contribution in [0.25, 0.3) is 11.4 Å². The van der Waals surface area contributed by atoms with Crippen LogP contribution in [0, 0.1) is 6.92 Å². The number of nitrogens with zero attached hydrogens (tertiary/aromatic N) is 4. The fraction of sp³-hybridized carbons (Fsp3) is 0.467. The largest absolute Gasteiger partial charge is 0.389 e. The van der Waals surface area contributed by atoms with Crippen molar-refractivity contribution in [1.29, 1.82) is 0 Å². The molecule has 1 aromatic heterocycles. The summed E-state index contributed by atoms with van der Waals surface area (Å²) < 4.78 is 26.0. The zero-order valence-corrected chi connectivity index (χ0v) is 14.8. The van der Waals surface area contributed by atoms with Gasteiger partial charge in [-0.2, -0.15) is 5.10 Å². The average Bonchev–Trinajstić information content (AvgIpc) is 2.75. The first kappa shape index (κ1) is 17.4. The molecule has 0 fully saturated rings. The minimum Gasteiger partial charge on any atom is -0.389 e. The van der Waals surface area contributed by atoms with Crippen molar-refractivity contribution < 1.29 is 13.5 Å². The van der Waals surface area contributed by atoms with Gasteiger partial charge in [-0.1, -0.05) is 0 Å². The number of aliphatic hydroxyl groups is 1. The highest BCUT2D eigenvalue weighted by Crippen LogP contribution is 2.23. The summed E-state index contributed by atoms with van der Waals surface area (Å²) in [6.45, 7) is 5.51. The smallest absolute Gasteiger partial charge is 0.231 e. The van der Waals surface area contributed by atoms with Gasteiger partial charge in [0.2, 0.25) is 10.0 Å².